The fourth-order valence-corrected chi connectivity index (χ4v) is 8.15. The summed E-state index contributed by atoms with van der Waals surface area (Å²) in [6.07, 6.45) is 0. The Labute approximate surface area is 323 Å². The molecule has 0 amide bonds. The van der Waals surface area contributed by atoms with E-state index in [1.54, 1.807) is 13.9 Å². The van der Waals surface area contributed by atoms with Crippen molar-refractivity contribution in [3.05, 3.63) is 163 Å². The molecule has 9 aromatic rings. The van der Waals surface area contributed by atoms with Crippen LogP contribution >= 0.6 is 0 Å². The first-order valence-corrected chi connectivity index (χ1v) is 18.2. The molecule has 56 heavy (non-hydrogen) atoms. The minimum atomic E-state index is -0.529. The maximum atomic E-state index is 12.6. The van der Waals surface area contributed by atoms with E-state index in [-0.39, 0.29) is 39.0 Å². The second-order valence-electron chi connectivity index (χ2n) is 14.1. The molecule has 6 nitrogen and oxygen atoms in total. The van der Waals surface area contributed by atoms with Crippen LogP contribution in [0.1, 0.15) is 18.1 Å². The highest BCUT2D eigenvalue weighted by molar-refractivity contribution is 6.42. The fourth-order valence-electron chi connectivity index (χ4n) is 8.15. The van der Waals surface area contributed by atoms with E-state index >= 15 is 0 Å². The zero-order valence-electron chi connectivity index (χ0n) is 30.6. The quantitative estimate of drug-likeness (QED) is 0.0661. The van der Waals surface area contributed by atoms with Gasteiger partial charge in [0, 0.05) is 49.4 Å². The van der Waals surface area contributed by atoms with Gasteiger partial charge in [-0.15, -0.1) is 0 Å². The summed E-state index contributed by atoms with van der Waals surface area (Å²) in [6.45, 7) is 5.30. The Morgan fingerprint density at radius 3 is 1.82 bits per heavy atom. The van der Waals surface area contributed by atoms with Gasteiger partial charge in [-0.3, -0.25) is 0 Å². The number of phenols is 2. The van der Waals surface area contributed by atoms with Crippen LogP contribution < -0.4 is 5.46 Å². The van der Waals surface area contributed by atoms with Gasteiger partial charge < -0.3 is 29.9 Å². The highest BCUT2D eigenvalue weighted by Gasteiger charge is 2.32. The predicted octanol–water partition coefficient (Wildman–Crippen LogP) is 11.6. The molecule has 0 fully saturated rings. The van der Waals surface area contributed by atoms with Crippen molar-refractivity contribution in [3.8, 4) is 56.0 Å². The maximum Gasteiger partial charge on any atom is 0.161 e. The number of fused-ring (bicyclic) bond motifs is 5. The van der Waals surface area contributed by atoms with E-state index in [0.29, 0.717) is 44.4 Å². The van der Waals surface area contributed by atoms with Crippen molar-refractivity contribution in [2.45, 2.75) is 6.92 Å². The number of allylic oxidation sites excluding steroid dienone is 1. The Kier molecular flexibility index (Phi) is 8.10. The Morgan fingerprint density at radius 2 is 1.09 bits per heavy atom. The Bertz CT molecular complexity index is 3100. The molecular formula is C49H35BO6. The van der Waals surface area contributed by atoms with Gasteiger partial charge in [0.25, 0.3) is 0 Å². The first-order chi connectivity index (χ1) is 27.1. The number of hydrogen-bond acceptors (Lipinski definition) is 6. The van der Waals surface area contributed by atoms with E-state index in [0.717, 1.165) is 32.7 Å². The summed E-state index contributed by atoms with van der Waals surface area (Å²) < 4.78 is 6.14. The molecule has 1 aromatic heterocycles. The number of benzene rings is 8. The Hall–Kier alpha value is -7.38. The molecule has 0 unspecified atom stereocenters. The van der Waals surface area contributed by atoms with Crippen LogP contribution in [0, 0.1) is 0 Å². The van der Waals surface area contributed by atoms with Crippen LogP contribution in [0.15, 0.2) is 156 Å². The molecule has 0 aliphatic carbocycles. The smallest absolute Gasteiger partial charge is 0.161 e. The van der Waals surface area contributed by atoms with E-state index in [1.807, 2.05) is 103 Å². The molecule has 0 saturated heterocycles. The number of furan rings is 1. The molecule has 9 rings (SSSR count). The molecule has 270 valence electrons. The number of aromatic hydroxyl groups is 2. The molecule has 0 bridgehead atoms. The van der Waals surface area contributed by atoms with Crippen molar-refractivity contribution in [1.82, 2.24) is 0 Å². The number of hydrogen-bond donors (Lipinski definition) is 5. The maximum absolute atomic E-state index is 12.6. The third kappa shape index (κ3) is 5.36. The van der Waals surface area contributed by atoms with E-state index in [9.17, 15) is 25.5 Å². The lowest BCUT2D eigenvalue weighted by Crippen LogP contribution is -2.11. The van der Waals surface area contributed by atoms with E-state index < -0.39 is 17.3 Å². The average molecular weight is 731 g/mol. The summed E-state index contributed by atoms with van der Waals surface area (Å²) in [7, 11) is 1.74. The van der Waals surface area contributed by atoms with Crippen LogP contribution in [0.4, 0.5) is 0 Å². The third-order valence-electron chi connectivity index (χ3n) is 10.8. The molecule has 0 atom stereocenters. The molecule has 7 heteroatoms. The molecule has 1 heterocycles. The first-order valence-electron chi connectivity index (χ1n) is 18.2. The summed E-state index contributed by atoms with van der Waals surface area (Å²) in [5, 5.41) is 63.9. The van der Waals surface area contributed by atoms with Gasteiger partial charge in [0.15, 0.2) is 5.76 Å². The van der Waals surface area contributed by atoms with Crippen LogP contribution in [-0.2, 0) is 0 Å². The molecule has 0 aliphatic heterocycles. The summed E-state index contributed by atoms with van der Waals surface area (Å²) in [5.41, 5.74) is 6.52. The average Bonchev–Trinajstić information content (AvgIpc) is 3.60. The van der Waals surface area contributed by atoms with Crippen molar-refractivity contribution in [2.24, 2.45) is 0 Å². The van der Waals surface area contributed by atoms with Crippen LogP contribution in [0.3, 0.4) is 0 Å². The third-order valence-corrected chi connectivity index (χ3v) is 10.8. The summed E-state index contributed by atoms with van der Waals surface area (Å²) in [5.74, 6) is -1.64. The van der Waals surface area contributed by atoms with Crippen molar-refractivity contribution in [2.75, 3.05) is 0 Å². The normalized spacial score (nSPS) is 12.1. The number of para-hydroxylation sites is 1. The second-order valence-corrected chi connectivity index (χ2v) is 14.1. The van der Waals surface area contributed by atoms with Crippen LogP contribution in [0.25, 0.3) is 99.5 Å². The molecule has 0 spiro atoms. The minimum absolute atomic E-state index is 0.0309. The highest BCUT2D eigenvalue weighted by atomic mass is 16.3. The van der Waals surface area contributed by atoms with Gasteiger partial charge >= 0.3 is 0 Å². The minimum Gasteiger partial charge on any atom is -0.509 e. The predicted molar refractivity (Wildman–Crippen MR) is 231 cm³/mol. The van der Waals surface area contributed by atoms with E-state index in [2.05, 4.69) is 36.9 Å². The molecular weight excluding hydrogens is 695 g/mol. The Balaban J connectivity index is 1.43. The van der Waals surface area contributed by atoms with Crippen LogP contribution in [0.5, 0.6) is 11.5 Å². The molecule has 0 aliphatic rings. The standard InChI is InChI=1S/C49H35BO6/c1-26(51)39-40(31-19-16-29(17-20-31)33-21-18-28-10-6-7-13-32(28)24-33)45-44(48(54)42(46(50)49(45)55)30-11-4-3-5-12-30)41(43(39)47(53)27(2)52)34-22-23-38-36(25-34)35-14-8-9-15-37(35)56-38/h3-25,51-55H,1,50H2,2H3/b47-27-. The van der Waals surface area contributed by atoms with Gasteiger partial charge in [0.05, 0.1) is 0 Å². The second kappa shape index (κ2) is 13.2. The van der Waals surface area contributed by atoms with Crippen molar-refractivity contribution < 1.29 is 29.9 Å². The van der Waals surface area contributed by atoms with Gasteiger partial charge in [-0.25, -0.2) is 0 Å². The van der Waals surface area contributed by atoms with Gasteiger partial charge in [-0.2, -0.15) is 0 Å². The fraction of sp³-hybridized carbons (Fsp3) is 0.0204. The lowest BCUT2D eigenvalue weighted by atomic mass is 9.76. The first kappa shape index (κ1) is 34.4. The highest BCUT2D eigenvalue weighted by Crippen LogP contribution is 2.53. The zero-order valence-corrected chi connectivity index (χ0v) is 30.6. The zero-order chi connectivity index (χ0) is 38.8. The molecule has 5 N–H and O–H groups in total. The topological polar surface area (TPSA) is 114 Å². The van der Waals surface area contributed by atoms with Gasteiger partial charge in [-0.1, -0.05) is 122 Å². The SMILES string of the molecule is Bc1c(-c2ccccc2)c(O)c2c(-c3ccc4oc5ccccc5c4c3)c(/C(O)=C(\C)O)c(C(=C)O)c(-c3ccc(-c4ccc5ccccc5c4)cc3)c2c1O. The molecule has 0 radical (unpaired) electrons. The van der Waals surface area contributed by atoms with Crippen LogP contribution in [-0.4, -0.2) is 33.4 Å². The number of rotatable bonds is 6. The van der Waals surface area contributed by atoms with Crippen molar-refractivity contribution in [1.29, 1.82) is 0 Å². The monoisotopic (exact) mass is 730 g/mol. The molecule has 8 aromatic carbocycles. The lowest BCUT2D eigenvalue weighted by Gasteiger charge is -2.26. The summed E-state index contributed by atoms with van der Waals surface area (Å²) in [6, 6.07) is 44.5. The number of aliphatic hydroxyl groups excluding tert-OH is 3. The van der Waals surface area contributed by atoms with Crippen molar-refractivity contribution in [3.63, 3.8) is 0 Å². The number of aliphatic hydroxyl groups is 3. The van der Waals surface area contributed by atoms with E-state index in [4.69, 9.17) is 4.42 Å². The van der Waals surface area contributed by atoms with Crippen molar-refractivity contribution >= 4 is 68.3 Å². The van der Waals surface area contributed by atoms with Gasteiger partial charge in [0.2, 0.25) is 0 Å². The van der Waals surface area contributed by atoms with Crippen LogP contribution in [0.2, 0.25) is 0 Å². The summed E-state index contributed by atoms with van der Waals surface area (Å²) in [4.78, 5) is 0. The van der Waals surface area contributed by atoms with Gasteiger partial charge in [0.1, 0.15) is 42.0 Å². The Morgan fingerprint density at radius 1 is 0.518 bits per heavy atom. The number of phenolic OH excluding ortho intramolecular Hbond substituents is 2. The molecule has 0 saturated carbocycles. The van der Waals surface area contributed by atoms with Gasteiger partial charge in [-0.05, 0) is 75.2 Å². The lowest BCUT2D eigenvalue weighted by molar-refractivity contribution is 0.383. The van der Waals surface area contributed by atoms with E-state index in [1.165, 1.54) is 6.92 Å². The summed E-state index contributed by atoms with van der Waals surface area (Å²) >= 11 is 0. The largest absolute Gasteiger partial charge is 0.509 e.